The smallest absolute Gasteiger partial charge is 0.287 e. The van der Waals surface area contributed by atoms with Crippen molar-refractivity contribution in [1.29, 1.82) is 0 Å². The van der Waals surface area contributed by atoms with E-state index in [1.807, 2.05) is 5.43 Å². The lowest BCUT2D eigenvalue weighted by Crippen LogP contribution is -2.49. The molecule has 0 aromatic heterocycles. The second-order valence-electron chi connectivity index (χ2n) is 5.87. The van der Waals surface area contributed by atoms with Gasteiger partial charge >= 0.3 is 6.18 Å². The Kier molecular flexibility index (Phi) is 7.73. The lowest BCUT2D eigenvalue weighted by molar-refractivity contribution is -0.153. The number of rotatable bonds is 7. The third-order valence-corrected chi connectivity index (χ3v) is 5.33. The van der Waals surface area contributed by atoms with Crippen LogP contribution in [-0.2, 0) is 10.0 Å². The van der Waals surface area contributed by atoms with E-state index in [-0.39, 0.29) is 28.1 Å². The van der Waals surface area contributed by atoms with Gasteiger partial charge in [-0.3, -0.25) is 10.2 Å². The number of carbonyl (C=O) groups excluding carboxylic acids is 1. The number of alkyl halides is 3. The van der Waals surface area contributed by atoms with E-state index in [9.17, 15) is 26.4 Å². The zero-order chi connectivity index (χ0) is 20.3. The highest BCUT2D eigenvalue weighted by Gasteiger charge is 2.36. The van der Waals surface area contributed by atoms with Crippen LogP contribution in [0.4, 0.5) is 13.2 Å². The number of benzene rings is 1. The topological polar surface area (TPSA) is 87.3 Å². The largest absolute Gasteiger partial charge is 0.405 e. The Morgan fingerprint density at radius 1 is 1.15 bits per heavy atom. The Hall–Kier alpha value is -1.07. The van der Waals surface area contributed by atoms with Crippen molar-refractivity contribution < 1.29 is 26.4 Å². The van der Waals surface area contributed by atoms with Crippen LogP contribution in [0, 0.1) is 5.92 Å². The van der Waals surface area contributed by atoms with Crippen LogP contribution < -0.4 is 15.6 Å². The predicted octanol–water partition coefficient (Wildman–Crippen LogP) is 3.11. The minimum Gasteiger partial charge on any atom is -0.287 e. The summed E-state index contributed by atoms with van der Waals surface area (Å²) in [6.45, 7) is 4.51. The van der Waals surface area contributed by atoms with Crippen molar-refractivity contribution in [2.75, 3.05) is 6.54 Å². The molecule has 148 valence electrons. The quantitative estimate of drug-likeness (QED) is 0.574. The first-order valence-corrected chi connectivity index (χ1v) is 9.61. The van der Waals surface area contributed by atoms with Crippen molar-refractivity contribution in [2.45, 2.75) is 37.9 Å². The molecule has 6 nitrogen and oxygen atoms in total. The van der Waals surface area contributed by atoms with Gasteiger partial charge in [0, 0.05) is 6.54 Å². The SMILES string of the molecule is CC(C)CNS(=O)(=O)c1cc(C(=O)NNC(C)C(F)(F)F)c(Cl)cc1Cl. The van der Waals surface area contributed by atoms with Crippen LogP contribution in [0.2, 0.25) is 10.0 Å². The summed E-state index contributed by atoms with van der Waals surface area (Å²) in [5.74, 6) is -1.02. The van der Waals surface area contributed by atoms with Gasteiger partial charge in [0.1, 0.15) is 10.9 Å². The van der Waals surface area contributed by atoms with E-state index < -0.39 is 33.0 Å². The molecule has 3 N–H and O–H groups in total. The molecular weight excluding hydrogens is 418 g/mol. The number of amides is 1. The van der Waals surface area contributed by atoms with E-state index in [2.05, 4.69) is 4.72 Å². The zero-order valence-corrected chi connectivity index (χ0v) is 16.4. The molecular formula is C14H18Cl2F3N3O3S. The monoisotopic (exact) mass is 435 g/mol. The van der Waals surface area contributed by atoms with E-state index in [4.69, 9.17) is 23.2 Å². The maximum absolute atomic E-state index is 12.5. The maximum Gasteiger partial charge on any atom is 0.405 e. The number of hydrogen-bond donors (Lipinski definition) is 3. The van der Waals surface area contributed by atoms with Gasteiger partial charge < -0.3 is 0 Å². The Morgan fingerprint density at radius 2 is 1.73 bits per heavy atom. The lowest BCUT2D eigenvalue weighted by atomic mass is 10.2. The normalized spacial score (nSPS) is 13.7. The van der Waals surface area contributed by atoms with Crippen molar-refractivity contribution >= 4 is 39.1 Å². The minimum absolute atomic E-state index is 0.0201. The van der Waals surface area contributed by atoms with Gasteiger partial charge in [-0.05, 0) is 25.0 Å². The van der Waals surface area contributed by atoms with Crippen LogP contribution in [0.15, 0.2) is 17.0 Å². The summed E-state index contributed by atoms with van der Waals surface area (Å²) in [4.78, 5) is 11.7. The molecule has 26 heavy (non-hydrogen) atoms. The van der Waals surface area contributed by atoms with Crippen molar-refractivity contribution in [1.82, 2.24) is 15.6 Å². The molecule has 0 saturated heterocycles. The summed E-state index contributed by atoms with van der Waals surface area (Å²) in [5, 5.41) is -0.434. The Bertz CT molecular complexity index is 771. The number of hydrogen-bond acceptors (Lipinski definition) is 4. The van der Waals surface area contributed by atoms with Crippen LogP contribution >= 0.6 is 23.2 Å². The van der Waals surface area contributed by atoms with Gasteiger partial charge in [0.2, 0.25) is 10.0 Å². The average molecular weight is 436 g/mol. The molecule has 0 heterocycles. The predicted molar refractivity (Wildman–Crippen MR) is 92.6 cm³/mol. The summed E-state index contributed by atoms with van der Waals surface area (Å²) in [5.41, 5.74) is 3.28. The Balaban J connectivity index is 3.09. The highest BCUT2D eigenvalue weighted by atomic mass is 35.5. The second kappa shape index (κ2) is 8.75. The molecule has 0 radical (unpaired) electrons. The van der Waals surface area contributed by atoms with E-state index in [0.717, 1.165) is 19.1 Å². The molecule has 12 heteroatoms. The Labute approximate surface area is 159 Å². The molecule has 0 bridgehead atoms. The summed E-state index contributed by atoms with van der Waals surface area (Å²) in [6, 6.07) is -0.0778. The van der Waals surface area contributed by atoms with Gasteiger partial charge in [0.05, 0.1) is 15.6 Å². The van der Waals surface area contributed by atoms with Crippen LogP contribution in [0.3, 0.4) is 0 Å². The summed E-state index contributed by atoms with van der Waals surface area (Å²) in [6.07, 6.45) is -4.58. The van der Waals surface area contributed by atoms with Crippen molar-refractivity contribution in [2.24, 2.45) is 5.92 Å². The zero-order valence-electron chi connectivity index (χ0n) is 14.0. The molecule has 0 aliphatic carbocycles. The average Bonchev–Trinajstić information content (AvgIpc) is 2.49. The highest BCUT2D eigenvalue weighted by molar-refractivity contribution is 7.89. The van der Waals surface area contributed by atoms with Crippen LogP contribution in [-0.4, -0.2) is 33.1 Å². The molecule has 0 aliphatic heterocycles. The fraction of sp³-hybridized carbons (Fsp3) is 0.500. The molecule has 1 amide bonds. The van der Waals surface area contributed by atoms with E-state index in [0.29, 0.717) is 0 Å². The van der Waals surface area contributed by atoms with E-state index in [1.165, 1.54) is 0 Å². The van der Waals surface area contributed by atoms with Crippen molar-refractivity contribution in [3.63, 3.8) is 0 Å². The molecule has 1 rings (SSSR count). The van der Waals surface area contributed by atoms with Gasteiger partial charge in [-0.1, -0.05) is 37.0 Å². The summed E-state index contributed by atoms with van der Waals surface area (Å²) < 4.78 is 64.3. The highest BCUT2D eigenvalue weighted by Crippen LogP contribution is 2.29. The van der Waals surface area contributed by atoms with E-state index >= 15 is 0 Å². The molecule has 1 aromatic rings. The molecule has 1 unspecified atom stereocenters. The fourth-order valence-electron chi connectivity index (χ4n) is 1.59. The van der Waals surface area contributed by atoms with Gasteiger partial charge in [-0.15, -0.1) is 0 Å². The van der Waals surface area contributed by atoms with Crippen molar-refractivity contribution in [3.05, 3.63) is 27.7 Å². The van der Waals surface area contributed by atoms with Crippen LogP contribution in [0.1, 0.15) is 31.1 Å². The summed E-state index contributed by atoms with van der Waals surface area (Å²) >= 11 is 11.8. The van der Waals surface area contributed by atoms with Crippen LogP contribution in [0.25, 0.3) is 0 Å². The van der Waals surface area contributed by atoms with Gasteiger partial charge in [-0.25, -0.2) is 18.6 Å². The molecule has 0 fully saturated rings. The molecule has 1 aromatic carbocycles. The lowest BCUT2D eigenvalue weighted by Gasteiger charge is -2.18. The standard InChI is InChI=1S/C14H18Cl2F3N3O3S/c1-7(2)6-20-26(24,25)12-4-9(10(15)5-11(12)16)13(23)22-21-8(3)14(17,18)19/h4-5,7-8,20-21H,6H2,1-3H3,(H,22,23). The molecule has 1 atom stereocenters. The second-order valence-corrected chi connectivity index (χ2v) is 8.42. The number of carbonyl (C=O) groups is 1. The third-order valence-electron chi connectivity index (χ3n) is 3.13. The van der Waals surface area contributed by atoms with Gasteiger partial charge in [0.25, 0.3) is 5.91 Å². The van der Waals surface area contributed by atoms with Gasteiger partial charge in [-0.2, -0.15) is 13.2 Å². The number of hydrazine groups is 1. The third kappa shape index (κ3) is 6.27. The fourth-order valence-corrected chi connectivity index (χ4v) is 3.66. The maximum atomic E-state index is 12.5. The molecule has 0 aliphatic rings. The first-order valence-electron chi connectivity index (χ1n) is 7.37. The van der Waals surface area contributed by atoms with Crippen molar-refractivity contribution in [3.8, 4) is 0 Å². The number of halogens is 5. The first-order chi connectivity index (χ1) is 11.8. The number of nitrogens with one attached hydrogen (secondary N) is 3. The first kappa shape index (κ1) is 23.0. The number of sulfonamides is 1. The minimum atomic E-state index is -4.58. The molecule has 0 saturated carbocycles. The summed E-state index contributed by atoms with van der Waals surface area (Å²) in [7, 11) is -4.03. The molecule has 0 spiro atoms. The van der Waals surface area contributed by atoms with Crippen LogP contribution in [0.5, 0.6) is 0 Å². The Morgan fingerprint density at radius 3 is 2.23 bits per heavy atom. The van der Waals surface area contributed by atoms with Gasteiger partial charge in [0.15, 0.2) is 0 Å². The van der Waals surface area contributed by atoms with E-state index in [1.54, 1.807) is 19.3 Å².